The SMILES string of the molecule is CC(C)C(=O)O[C@@H]1[C@@H](CO)O[C@@H](n2cc3c(N)cc(=O)nc4c3c2N=CN4)[C@@]1(C)OC(=O)C(C)C. The molecule has 4 atom stereocenters. The second-order valence-corrected chi connectivity index (χ2v) is 9.43. The summed E-state index contributed by atoms with van der Waals surface area (Å²) in [5.74, 6) is -1.41. The zero-order valence-corrected chi connectivity index (χ0v) is 20.1. The molecule has 0 saturated carbocycles. The van der Waals surface area contributed by atoms with E-state index in [4.69, 9.17) is 19.9 Å². The molecule has 4 rings (SSSR count). The van der Waals surface area contributed by atoms with E-state index in [1.54, 1.807) is 45.4 Å². The van der Waals surface area contributed by atoms with Gasteiger partial charge in [-0.25, -0.2) is 4.99 Å². The lowest BCUT2D eigenvalue weighted by atomic mass is 9.95. The van der Waals surface area contributed by atoms with Gasteiger partial charge < -0.3 is 34.9 Å². The summed E-state index contributed by atoms with van der Waals surface area (Å²) in [4.78, 5) is 45.8. The molecule has 35 heavy (non-hydrogen) atoms. The maximum atomic E-state index is 12.8. The number of hydrogen-bond donors (Lipinski definition) is 3. The Morgan fingerprint density at radius 2 is 1.97 bits per heavy atom. The number of rotatable bonds is 6. The highest BCUT2D eigenvalue weighted by Crippen LogP contribution is 2.48. The highest BCUT2D eigenvalue weighted by Gasteiger charge is 2.60. The molecule has 2 aromatic heterocycles. The minimum atomic E-state index is -1.54. The van der Waals surface area contributed by atoms with Gasteiger partial charge >= 0.3 is 11.9 Å². The number of hydrogen-bond acceptors (Lipinski definition) is 11. The number of aromatic nitrogens is 2. The fourth-order valence-electron chi connectivity index (χ4n) is 4.20. The van der Waals surface area contributed by atoms with E-state index < -0.39 is 60.0 Å². The van der Waals surface area contributed by atoms with E-state index in [2.05, 4.69) is 15.3 Å². The quantitative estimate of drug-likeness (QED) is 0.508. The summed E-state index contributed by atoms with van der Waals surface area (Å²) in [6.45, 7) is 7.80. The van der Waals surface area contributed by atoms with Crippen LogP contribution in [0.3, 0.4) is 0 Å². The molecule has 0 bridgehead atoms. The number of esters is 2. The average molecular weight is 488 g/mol. The normalized spacial score (nSPS) is 25.2. The van der Waals surface area contributed by atoms with Gasteiger partial charge in [-0.15, -0.1) is 0 Å². The van der Waals surface area contributed by atoms with Crippen LogP contribution in [0.1, 0.15) is 40.8 Å². The molecule has 12 heteroatoms. The third kappa shape index (κ3) is 4.12. The topological polar surface area (TPSA) is 167 Å². The van der Waals surface area contributed by atoms with Crippen LogP contribution >= 0.6 is 0 Å². The van der Waals surface area contributed by atoms with Crippen molar-refractivity contribution >= 4 is 46.4 Å². The molecule has 188 valence electrons. The molecule has 1 fully saturated rings. The van der Waals surface area contributed by atoms with Crippen LogP contribution < -0.4 is 16.6 Å². The van der Waals surface area contributed by atoms with Gasteiger partial charge in [-0.2, -0.15) is 4.98 Å². The first-order valence-corrected chi connectivity index (χ1v) is 11.3. The van der Waals surface area contributed by atoms with Crippen molar-refractivity contribution in [3.63, 3.8) is 0 Å². The molecule has 0 aliphatic carbocycles. The highest BCUT2D eigenvalue weighted by atomic mass is 16.7. The maximum Gasteiger partial charge on any atom is 0.309 e. The van der Waals surface area contributed by atoms with Gasteiger partial charge in [-0.3, -0.25) is 14.4 Å². The number of nitrogens with one attached hydrogen (secondary N) is 1. The Morgan fingerprint density at radius 1 is 1.29 bits per heavy atom. The number of carbonyl (C=O) groups is 2. The molecule has 0 radical (unpaired) electrons. The zero-order chi connectivity index (χ0) is 25.7. The van der Waals surface area contributed by atoms with Gasteiger partial charge in [-0.1, -0.05) is 27.7 Å². The van der Waals surface area contributed by atoms with E-state index in [9.17, 15) is 19.5 Å². The van der Waals surface area contributed by atoms with Gasteiger partial charge in [0.25, 0.3) is 5.56 Å². The predicted octanol–water partition coefficient (Wildman–Crippen LogP) is 1.48. The van der Waals surface area contributed by atoms with Crippen molar-refractivity contribution in [2.24, 2.45) is 16.8 Å². The summed E-state index contributed by atoms with van der Waals surface area (Å²) in [7, 11) is 0. The second kappa shape index (κ2) is 8.93. The number of nitrogen functional groups attached to an aromatic ring is 1. The Hall–Kier alpha value is -3.51. The largest absolute Gasteiger partial charge is 0.455 e. The van der Waals surface area contributed by atoms with Crippen molar-refractivity contribution in [3.8, 4) is 0 Å². The van der Waals surface area contributed by atoms with E-state index >= 15 is 0 Å². The molecular formula is C23H29N5O7. The smallest absolute Gasteiger partial charge is 0.309 e. The summed E-state index contributed by atoms with van der Waals surface area (Å²) in [6.07, 6.45) is -0.188. The van der Waals surface area contributed by atoms with Crippen LogP contribution in [-0.2, 0) is 23.8 Å². The molecule has 2 aliphatic rings. The van der Waals surface area contributed by atoms with E-state index in [0.717, 1.165) is 0 Å². The molecule has 12 nitrogen and oxygen atoms in total. The zero-order valence-electron chi connectivity index (χ0n) is 20.1. The van der Waals surface area contributed by atoms with Gasteiger partial charge in [-0.05, 0) is 6.92 Å². The Kier molecular flexibility index (Phi) is 6.28. The van der Waals surface area contributed by atoms with Crippen LogP contribution in [0.15, 0.2) is 22.1 Å². The van der Waals surface area contributed by atoms with E-state index in [0.29, 0.717) is 16.6 Å². The van der Waals surface area contributed by atoms with Crippen molar-refractivity contribution in [1.82, 2.24) is 9.55 Å². The Morgan fingerprint density at radius 3 is 2.60 bits per heavy atom. The first kappa shape index (κ1) is 24.6. The van der Waals surface area contributed by atoms with Crippen molar-refractivity contribution < 1.29 is 28.9 Å². The Labute approximate surface area is 201 Å². The molecule has 0 aromatic carbocycles. The molecule has 0 spiro atoms. The Balaban J connectivity index is 1.92. The first-order chi connectivity index (χ1) is 16.5. The number of nitrogens with two attached hydrogens (primary N) is 1. The lowest BCUT2D eigenvalue weighted by molar-refractivity contribution is -0.191. The van der Waals surface area contributed by atoms with Crippen molar-refractivity contribution in [2.75, 3.05) is 17.7 Å². The van der Waals surface area contributed by atoms with Gasteiger partial charge in [0.1, 0.15) is 17.7 Å². The molecular weight excluding hydrogens is 458 g/mol. The fraction of sp³-hybridized carbons (Fsp3) is 0.522. The number of aliphatic hydroxyl groups is 1. The number of ether oxygens (including phenoxy) is 3. The highest BCUT2D eigenvalue weighted by molar-refractivity contribution is 6.10. The second-order valence-electron chi connectivity index (χ2n) is 9.43. The molecule has 0 amide bonds. The van der Waals surface area contributed by atoms with Crippen LogP contribution in [0.5, 0.6) is 0 Å². The number of carbonyl (C=O) groups excluding carboxylic acids is 2. The van der Waals surface area contributed by atoms with Crippen molar-refractivity contribution in [2.45, 2.75) is 58.7 Å². The number of nitrogens with zero attached hydrogens (tertiary/aromatic N) is 3. The summed E-state index contributed by atoms with van der Waals surface area (Å²) < 4.78 is 19.4. The van der Waals surface area contributed by atoms with Crippen LogP contribution in [0.2, 0.25) is 0 Å². The predicted molar refractivity (Wildman–Crippen MR) is 127 cm³/mol. The van der Waals surface area contributed by atoms with Crippen molar-refractivity contribution in [3.05, 3.63) is 22.6 Å². The fourth-order valence-corrected chi connectivity index (χ4v) is 4.20. The maximum absolute atomic E-state index is 12.8. The van der Waals surface area contributed by atoms with Crippen LogP contribution in [0.25, 0.3) is 10.8 Å². The van der Waals surface area contributed by atoms with Gasteiger partial charge in [0.05, 0.1) is 30.2 Å². The van der Waals surface area contributed by atoms with Crippen LogP contribution in [0, 0.1) is 11.8 Å². The first-order valence-electron chi connectivity index (χ1n) is 11.3. The summed E-state index contributed by atoms with van der Waals surface area (Å²) in [5, 5.41) is 13.9. The molecule has 0 unspecified atom stereocenters. The monoisotopic (exact) mass is 487 g/mol. The van der Waals surface area contributed by atoms with Crippen LogP contribution in [-0.4, -0.2) is 57.4 Å². The average Bonchev–Trinajstić information content (AvgIpc) is 3.25. The summed E-state index contributed by atoms with van der Waals surface area (Å²) >= 11 is 0. The third-order valence-corrected chi connectivity index (χ3v) is 6.08. The molecule has 1 saturated heterocycles. The minimum Gasteiger partial charge on any atom is -0.455 e. The standard InChI is InChI=1S/C23H29N5O7/c1-10(2)20(31)34-17-14(8-29)33-22(23(17,5)35-21(32)11(3)4)28-7-12-13(24)6-15(30)27-18-16(12)19(28)26-9-25-18/h6-7,9-11,14,17,22,29H,8,24H2,1-5H3,(H,25,26,27,30)/t14-,17-,22-,23+/m1/s1. The van der Waals surface area contributed by atoms with Crippen molar-refractivity contribution in [1.29, 1.82) is 0 Å². The van der Waals surface area contributed by atoms with Gasteiger partial charge in [0, 0.05) is 23.3 Å². The lowest BCUT2D eigenvalue weighted by Gasteiger charge is -2.35. The molecule has 4 heterocycles. The summed E-state index contributed by atoms with van der Waals surface area (Å²) in [5.41, 5.74) is 4.27. The Bertz CT molecular complexity index is 1270. The number of aliphatic imine (C=N–C) groups is 1. The van der Waals surface area contributed by atoms with E-state index in [-0.39, 0.29) is 11.5 Å². The van der Waals surface area contributed by atoms with Gasteiger partial charge in [0.15, 0.2) is 17.9 Å². The number of aliphatic hydroxyl groups excluding tert-OH is 1. The van der Waals surface area contributed by atoms with Gasteiger partial charge in [0.2, 0.25) is 0 Å². The number of anilines is 2. The van der Waals surface area contributed by atoms with Crippen LogP contribution in [0.4, 0.5) is 17.3 Å². The lowest BCUT2D eigenvalue weighted by Crippen LogP contribution is -2.51. The minimum absolute atomic E-state index is 0.169. The van der Waals surface area contributed by atoms with E-state index in [1.807, 2.05) is 0 Å². The molecule has 2 aromatic rings. The molecule has 2 aliphatic heterocycles. The molecule has 4 N–H and O–H groups in total. The summed E-state index contributed by atoms with van der Waals surface area (Å²) in [6, 6.07) is 1.20. The van der Waals surface area contributed by atoms with E-state index in [1.165, 1.54) is 12.4 Å². The third-order valence-electron chi connectivity index (χ3n) is 6.08.